The van der Waals surface area contributed by atoms with Crippen LogP contribution < -0.4 is 4.74 Å². The number of hydrogen-bond acceptors (Lipinski definition) is 9. The van der Waals surface area contributed by atoms with Gasteiger partial charge in [-0.2, -0.15) is 8.42 Å². The van der Waals surface area contributed by atoms with Crippen molar-refractivity contribution in [2.75, 3.05) is 6.26 Å². The van der Waals surface area contributed by atoms with Crippen LogP contribution in [-0.4, -0.2) is 42.2 Å². The summed E-state index contributed by atoms with van der Waals surface area (Å²) in [6.07, 6.45) is 0.715. The molecule has 1 spiro atoms. The predicted octanol–water partition coefficient (Wildman–Crippen LogP) is 7.96. The minimum Gasteiger partial charge on any atom is -0.508 e. The molecule has 0 aliphatic carbocycles. The zero-order valence-electron chi connectivity index (χ0n) is 25.1. The summed E-state index contributed by atoms with van der Waals surface area (Å²) in [6.45, 7) is 0. The van der Waals surface area contributed by atoms with Crippen molar-refractivity contribution in [3.63, 3.8) is 0 Å². The molecule has 10 nitrogen and oxygen atoms in total. The molecule has 0 fully saturated rings. The van der Waals surface area contributed by atoms with Gasteiger partial charge >= 0.3 is 17.9 Å². The maximum Gasteiger partial charge on any atom is 0.346 e. The summed E-state index contributed by atoms with van der Waals surface area (Å²) in [5.41, 5.74) is 2.96. The lowest BCUT2D eigenvalue weighted by Gasteiger charge is -2.36. The number of phenolic OH excluding ortho intramolecular Hbond substituents is 1. The van der Waals surface area contributed by atoms with Crippen LogP contribution in [0.3, 0.4) is 0 Å². The first kappa shape index (κ1) is 36.7. The van der Waals surface area contributed by atoms with Gasteiger partial charge < -0.3 is 19.3 Å². The smallest absolute Gasteiger partial charge is 0.346 e. The SMILES string of the molecule is CS(=O)(=O)O.O=C1OC(=O)c2ccccc21.O=C1OC2(c3ccc(I)cc3Oc3cc(I)ccc32)c2ccccc21.Oc1cccc(I)c1. The minimum absolute atomic E-state index is 0.300. The van der Waals surface area contributed by atoms with Gasteiger partial charge in [0, 0.05) is 27.4 Å². The number of esters is 3. The molecule has 49 heavy (non-hydrogen) atoms. The van der Waals surface area contributed by atoms with Crippen LogP contribution in [0.1, 0.15) is 47.8 Å². The van der Waals surface area contributed by atoms with Gasteiger partial charge in [0.25, 0.3) is 10.1 Å². The Morgan fingerprint density at radius 1 is 0.571 bits per heavy atom. The molecule has 0 atom stereocenters. The van der Waals surface area contributed by atoms with E-state index < -0.39 is 27.7 Å². The van der Waals surface area contributed by atoms with Gasteiger partial charge in [-0.25, -0.2) is 14.4 Å². The highest BCUT2D eigenvalue weighted by molar-refractivity contribution is 14.1. The second-order valence-electron chi connectivity index (χ2n) is 10.4. The van der Waals surface area contributed by atoms with E-state index in [1.807, 2.05) is 72.8 Å². The molecule has 0 amide bonds. The standard InChI is InChI=1S/C20H10I2O3.C8H4O3.C6H5IO.CH4O3S/c21-11-5-7-15-17(9-11)24-18-10-12(22)6-8-16(18)20(15)14-4-2-1-3-13(14)19(23)25-20;9-7-5-3-1-2-4-6(5)8(10)11-7;7-5-2-1-3-6(8)4-5;1-5(2,3)4/h1-10H;1-4H;1-4,8H;1H3,(H,2,3,4). The third-order valence-electron chi connectivity index (χ3n) is 7.00. The van der Waals surface area contributed by atoms with Gasteiger partial charge in [0.1, 0.15) is 17.2 Å². The average molecular weight is 1020 g/mol. The summed E-state index contributed by atoms with van der Waals surface area (Å²) in [5.74, 6) is 0.386. The van der Waals surface area contributed by atoms with E-state index in [1.165, 1.54) is 0 Å². The van der Waals surface area contributed by atoms with E-state index in [4.69, 9.17) is 19.1 Å². The van der Waals surface area contributed by atoms with Crippen molar-refractivity contribution in [2.45, 2.75) is 5.60 Å². The number of carbonyl (C=O) groups excluding carboxylic acids is 3. The molecule has 0 bridgehead atoms. The lowest BCUT2D eigenvalue weighted by atomic mass is 9.78. The van der Waals surface area contributed by atoms with Gasteiger partial charge in [-0.3, -0.25) is 4.55 Å². The van der Waals surface area contributed by atoms with Crippen molar-refractivity contribution >= 4 is 95.8 Å². The van der Waals surface area contributed by atoms with Gasteiger partial charge in [0.15, 0.2) is 5.60 Å². The molecule has 3 aliphatic rings. The Morgan fingerprint density at radius 2 is 1.04 bits per heavy atom. The Balaban J connectivity index is 0.000000160. The van der Waals surface area contributed by atoms with Crippen molar-refractivity contribution in [1.29, 1.82) is 0 Å². The number of rotatable bonds is 0. The highest BCUT2D eigenvalue weighted by Gasteiger charge is 2.53. The quantitative estimate of drug-likeness (QED) is 0.0677. The third-order valence-corrected chi connectivity index (χ3v) is 9.01. The molecule has 5 aromatic carbocycles. The number of aromatic hydroxyl groups is 1. The number of benzene rings is 5. The topological polar surface area (TPSA) is 154 Å². The molecule has 8 rings (SSSR count). The van der Waals surface area contributed by atoms with Crippen LogP contribution >= 0.6 is 67.8 Å². The normalized spacial score (nSPS) is 14.0. The lowest BCUT2D eigenvalue weighted by molar-refractivity contribution is 0.0223. The molecule has 0 saturated heterocycles. The second kappa shape index (κ2) is 15.1. The Labute approximate surface area is 322 Å². The van der Waals surface area contributed by atoms with Crippen LogP contribution in [0.25, 0.3) is 0 Å². The highest BCUT2D eigenvalue weighted by Crippen LogP contribution is 2.56. The van der Waals surface area contributed by atoms with Crippen LogP contribution in [0.4, 0.5) is 0 Å². The number of cyclic esters (lactones) is 2. The number of halogens is 3. The van der Waals surface area contributed by atoms with Crippen molar-refractivity contribution in [1.82, 2.24) is 0 Å². The van der Waals surface area contributed by atoms with Crippen LogP contribution in [0.15, 0.2) is 109 Å². The molecule has 0 aromatic heterocycles. The Bertz CT molecular complexity index is 2110. The molecule has 2 N–H and O–H groups in total. The van der Waals surface area contributed by atoms with Gasteiger partial charge in [-0.05, 0) is 141 Å². The van der Waals surface area contributed by atoms with E-state index in [2.05, 4.69) is 72.5 Å². The summed E-state index contributed by atoms with van der Waals surface area (Å²) in [4.78, 5) is 34.3. The summed E-state index contributed by atoms with van der Waals surface area (Å²) < 4.78 is 45.7. The fourth-order valence-electron chi connectivity index (χ4n) is 5.13. The second-order valence-corrected chi connectivity index (χ2v) is 15.6. The molecular formula is C35H23I3O10S. The van der Waals surface area contributed by atoms with E-state index in [9.17, 15) is 22.8 Å². The average Bonchev–Trinajstić information content (AvgIpc) is 3.49. The van der Waals surface area contributed by atoms with Crippen molar-refractivity contribution in [3.8, 4) is 17.2 Å². The largest absolute Gasteiger partial charge is 0.508 e. The van der Waals surface area contributed by atoms with Crippen LogP contribution in [-0.2, 0) is 25.2 Å². The fraction of sp³-hybridized carbons (Fsp3) is 0.0571. The van der Waals surface area contributed by atoms with Crippen LogP contribution in [0.2, 0.25) is 0 Å². The maximum absolute atomic E-state index is 12.6. The third kappa shape index (κ3) is 8.42. The van der Waals surface area contributed by atoms with Gasteiger partial charge in [0.05, 0.1) is 22.9 Å². The van der Waals surface area contributed by atoms with Crippen LogP contribution in [0.5, 0.6) is 17.2 Å². The minimum atomic E-state index is -3.67. The summed E-state index contributed by atoms with van der Waals surface area (Å²) in [6, 6.07) is 33.2. The van der Waals surface area contributed by atoms with Crippen molar-refractivity contribution in [3.05, 3.63) is 153 Å². The monoisotopic (exact) mass is 1020 g/mol. The van der Waals surface area contributed by atoms with E-state index in [1.54, 1.807) is 36.4 Å². The van der Waals surface area contributed by atoms with Gasteiger partial charge in [0.2, 0.25) is 0 Å². The zero-order chi connectivity index (χ0) is 35.5. The van der Waals surface area contributed by atoms with E-state index in [-0.39, 0.29) is 5.97 Å². The molecule has 250 valence electrons. The Morgan fingerprint density at radius 3 is 1.51 bits per heavy atom. The maximum atomic E-state index is 12.6. The Kier molecular flexibility index (Phi) is 11.3. The zero-order valence-corrected chi connectivity index (χ0v) is 32.4. The molecule has 14 heteroatoms. The molecule has 3 aliphatic heterocycles. The molecule has 5 aromatic rings. The number of phenols is 1. The van der Waals surface area contributed by atoms with Gasteiger partial charge in [-0.15, -0.1) is 0 Å². The van der Waals surface area contributed by atoms with Crippen LogP contribution in [0, 0.1) is 10.7 Å². The van der Waals surface area contributed by atoms with Crippen molar-refractivity contribution < 1.29 is 46.7 Å². The number of hydrogen-bond donors (Lipinski definition) is 2. The number of fused-ring (bicyclic) bond motifs is 7. The fourth-order valence-corrected chi connectivity index (χ4v) is 6.59. The van der Waals surface area contributed by atoms with E-state index in [0.717, 1.165) is 38.9 Å². The summed E-state index contributed by atoms with van der Waals surface area (Å²) in [5, 5.41) is 8.81. The predicted molar refractivity (Wildman–Crippen MR) is 205 cm³/mol. The molecule has 3 heterocycles. The van der Waals surface area contributed by atoms with E-state index >= 15 is 0 Å². The first-order valence-corrected chi connectivity index (χ1v) is 19.1. The first-order valence-electron chi connectivity index (χ1n) is 14.0. The number of carbonyl (C=O) groups is 3. The van der Waals surface area contributed by atoms with Crippen molar-refractivity contribution in [2.24, 2.45) is 0 Å². The molecule has 0 unspecified atom stereocenters. The lowest BCUT2D eigenvalue weighted by Crippen LogP contribution is -2.33. The van der Waals surface area contributed by atoms with Gasteiger partial charge in [-0.1, -0.05) is 36.4 Å². The number of ether oxygens (including phenoxy) is 3. The molecule has 0 radical (unpaired) electrons. The summed E-state index contributed by atoms with van der Waals surface area (Å²) in [7, 11) is -3.67. The molecular weight excluding hydrogens is 993 g/mol. The van der Waals surface area contributed by atoms with E-state index in [0.29, 0.717) is 28.7 Å². The highest BCUT2D eigenvalue weighted by atomic mass is 127. The Hall–Kier alpha value is -3.59. The first-order chi connectivity index (χ1) is 23.2. The summed E-state index contributed by atoms with van der Waals surface area (Å²) >= 11 is 6.66. The molecule has 0 saturated carbocycles.